The fourth-order valence-electron chi connectivity index (χ4n) is 3.85. The summed E-state index contributed by atoms with van der Waals surface area (Å²) < 4.78 is 23.1. The molecule has 0 atom stereocenters. The van der Waals surface area contributed by atoms with Gasteiger partial charge in [0, 0.05) is 17.3 Å². The van der Waals surface area contributed by atoms with Gasteiger partial charge in [-0.1, -0.05) is 11.8 Å². The van der Waals surface area contributed by atoms with E-state index in [0.717, 1.165) is 11.4 Å². The lowest BCUT2D eigenvalue weighted by Crippen LogP contribution is -2.24. The second-order valence-electron chi connectivity index (χ2n) is 8.48. The molecule has 1 heterocycles. The van der Waals surface area contributed by atoms with Gasteiger partial charge in [-0.25, -0.2) is 0 Å². The Morgan fingerprint density at radius 1 is 0.854 bits per heavy atom. The summed E-state index contributed by atoms with van der Waals surface area (Å²) in [6.45, 7) is 2.57. The van der Waals surface area contributed by atoms with Crippen LogP contribution in [-0.4, -0.2) is 60.3 Å². The summed E-state index contributed by atoms with van der Waals surface area (Å²) in [5, 5.41) is 14.9. The molecule has 41 heavy (non-hydrogen) atoms. The number of carbonyl (C=O) groups excluding carboxylic acids is 2. The Bertz CT molecular complexity index is 1470. The molecule has 0 aliphatic heterocycles. The minimum Gasteiger partial charge on any atom is -0.497 e. The topological polar surface area (TPSA) is 126 Å². The van der Waals surface area contributed by atoms with Gasteiger partial charge in [-0.05, 0) is 67.6 Å². The first-order valence-corrected chi connectivity index (χ1v) is 13.7. The highest BCUT2D eigenvalue weighted by molar-refractivity contribution is 7.99. The Kier molecular flexibility index (Phi) is 10.1. The second-order valence-corrected chi connectivity index (χ2v) is 9.42. The Labute approximate surface area is 242 Å². The zero-order valence-corrected chi connectivity index (χ0v) is 24.0. The lowest BCUT2D eigenvalue weighted by atomic mass is 10.2. The van der Waals surface area contributed by atoms with Crippen molar-refractivity contribution in [1.29, 1.82) is 0 Å². The number of nitrogens with one attached hydrogen (secondary N) is 2. The van der Waals surface area contributed by atoms with Gasteiger partial charge in [-0.15, -0.1) is 10.2 Å². The van der Waals surface area contributed by atoms with E-state index in [4.69, 9.17) is 18.9 Å². The summed E-state index contributed by atoms with van der Waals surface area (Å²) in [5.74, 6) is 2.51. The van der Waals surface area contributed by atoms with Gasteiger partial charge in [-0.2, -0.15) is 0 Å². The van der Waals surface area contributed by atoms with Crippen molar-refractivity contribution < 1.29 is 28.5 Å². The second kappa shape index (κ2) is 14.1. The number of hydrogen-bond donors (Lipinski definition) is 2. The first-order chi connectivity index (χ1) is 19.9. The van der Waals surface area contributed by atoms with E-state index >= 15 is 0 Å². The number of carbonyl (C=O) groups is 2. The van der Waals surface area contributed by atoms with Crippen molar-refractivity contribution in [3.63, 3.8) is 0 Å². The van der Waals surface area contributed by atoms with Gasteiger partial charge in [0.25, 0.3) is 5.91 Å². The Hall–Kier alpha value is -4.71. The van der Waals surface area contributed by atoms with E-state index in [-0.39, 0.29) is 24.1 Å². The maximum absolute atomic E-state index is 12.8. The highest BCUT2D eigenvalue weighted by Gasteiger charge is 2.18. The van der Waals surface area contributed by atoms with E-state index in [9.17, 15) is 9.59 Å². The Morgan fingerprint density at radius 2 is 1.54 bits per heavy atom. The lowest BCUT2D eigenvalue weighted by molar-refractivity contribution is -0.113. The van der Waals surface area contributed by atoms with Crippen LogP contribution >= 0.6 is 11.8 Å². The average molecular weight is 578 g/mol. The molecular formula is C29H31N5O6S. The number of anilines is 1. The largest absolute Gasteiger partial charge is 0.497 e. The molecule has 12 heteroatoms. The first kappa shape index (κ1) is 29.3. The van der Waals surface area contributed by atoms with E-state index in [0.29, 0.717) is 46.1 Å². The quantitative estimate of drug-likeness (QED) is 0.223. The zero-order chi connectivity index (χ0) is 29.2. The molecule has 0 saturated heterocycles. The molecule has 0 spiro atoms. The van der Waals surface area contributed by atoms with Crippen LogP contribution in [0.15, 0.2) is 71.9 Å². The van der Waals surface area contributed by atoms with Crippen molar-refractivity contribution in [3.05, 3.63) is 78.1 Å². The van der Waals surface area contributed by atoms with Gasteiger partial charge >= 0.3 is 0 Å². The highest BCUT2D eigenvalue weighted by Crippen LogP contribution is 2.30. The minimum atomic E-state index is -0.268. The maximum atomic E-state index is 12.8. The van der Waals surface area contributed by atoms with Crippen molar-refractivity contribution in [1.82, 2.24) is 20.1 Å². The Morgan fingerprint density at radius 3 is 2.20 bits per heavy atom. The molecule has 0 fully saturated rings. The molecular weight excluding hydrogens is 546 g/mol. The fourth-order valence-corrected chi connectivity index (χ4v) is 4.62. The first-order valence-electron chi connectivity index (χ1n) is 12.7. The molecule has 214 valence electrons. The summed E-state index contributed by atoms with van der Waals surface area (Å²) in [6.07, 6.45) is 0. The summed E-state index contributed by atoms with van der Waals surface area (Å²) in [4.78, 5) is 25.6. The van der Waals surface area contributed by atoms with E-state index in [1.54, 1.807) is 61.3 Å². The summed E-state index contributed by atoms with van der Waals surface area (Å²) in [5.41, 5.74) is 1.76. The van der Waals surface area contributed by atoms with Crippen molar-refractivity contribution in [3.8, 4) is 28.7 Å². The van der Waals surface area contributed by atoms with E-state index in [1.165, 1.54) is 18.9 Å². The molecule has 0 aliphatic rings. The predicted octanol–water partition coefficient (Wildman–Crippen LogP) is 4.35. The number of rotatable bonds is 13. The molecule has 0 radical (unpaired) electrons. The van der Waals surface area contributed by atoms with Crippen LogP contribution in [0.3, 0.4) is 0 Å². The molecule has 4 aromatic rings. The number of aromatic nitrogens is 3. The van der Waals surface area contributed by atoms with Gasteiger partial charge in [0.2, 0.25) is 5.91 Å². The number of hydrogen-bond acceptors (Lipinski definition) is 9. The fraction of sp³-hybridized carbons (Fsp3) is 0.241. The third-order valence-corrected chi connectivity index (χ3v) is 6.81. The SMILES string of the molecule is CCOc1ccc(-n2c(CNC(=O)c3ccc(OC)cc3)nnc2SCC(=O)Nc2ccc(OC)cc2OC)cc1. The van der Waals surface area contributed by atoms with Crippen molar-refractivity contribution in [2.75, 3.05) is 39.0 Å². The summed E-state index contributed by atoms with van der Waals surface area (Å²) >= 11 is 1.21. The van der Waals surface area contributed by atoms with Crippen LogP contribution in [-0.2, 0) is 11.3 Å². The van der Waals surface area contributed by atoms with Crippen LogP contribution < -0.4 is 29.6 Å². The van der Waals surface area contributed by atoms with Crippen molar-refractivity contribution in [2.24, 2.45) is 0 Å². The standard InChI is InChI=1S/C29H31N5O6S/c1-5-40-22-12-8-20(9-13-22)34-26(17-30-28(36)19-6-10-21(37-2)11-7-19)32-33-29(34)41-18-27(35)31-24-15-14-23(38-3)16-25(24)39-4/h6-16H,5,17-18H2,1-4H3,(H,30,36)(H,31,35). The van der Waals surface area contributed by atoms with E-state index < -0.39 is 0 Å². The average Bonchev–Trinajstić information content (AvgIpc) is 3.42. The van der Waals surface area contributed by atoms with Crippen LogP contribution in [0.5, 0.6) is 23.0 Å². The minimum absolute atomic E-state index is 0.0581. The number of benzene rings is 3. The third kappa shape index (κ3) is 7.48. The third-order valence-electron chi connectivity index (χ3n) is 5.88. The van der Waals surface area contributed by atoms with Crippen LogP contribution in [0.1, 0.15) is 23.1 Å². The normalized spacial score (nSPS) is 10.5. The molecule has 2 N–H and O–H groups in total. The van der Waals surface area contributed by atoms with Crippen molar-refractivity contribution >= 4 is 29.3 Å². The van der Waals surface area contributed by atoms with E-state index in [1.807, 2.05) is 31.2 Å². The molecule has 0 bridgehead atoms. The van der Waals surface area contributed by atoms with Gasteiger partial charge in [-0.3, -0.25) is 14.2 Å². The van der Waals surface area contributed by atoms with E-state index in [2.05, 4.69) is 20.8 Å². The predicted molar refractivity (Wildman–Crippen MR) is 156 cm³/mol. The Balaban J connectivity index is 1.51. The van der Waals surface area contributed by atoms with Gasteiger partial charge < -0.3 is 29.6 Å². The van der Waals surface area contributed by atoms with Crippen LogP contribution in [0.25, 0.3) is 5.69 Å². The summed E-state index contributed by atoms with van der Waals surface area (Å²) in [6, 6.07) is 19.4. The molecule has 4 rings (SSSR count). The van der Waals surface area contributed by atoms with Crippen molar-refractivity contribution in [2.45, 2.75) is 18.6 Å². The molecule has 0 aliphatic carbocycles. The number of nitrogens with zero attached hydrogens (tertiary/aromatic N) is 3. The number of thioether (sulfide) groups is 1. The highest BCUT2D eigenvalue weighted by atomic mass is 32.2. The monoisotopic (exact) mass is 577 g/mol. The number of methoxy groups -OCH3 is 3. The van der Waals surface area contributed by atoms with Crippen LogP contribution in [0, 0.1) is 0 Å². The van der Waals surface area contributed by atoms with Gasteiger partial charge in [0.15, 0.2) is 11.0 Å². The van der Waals surface area contributed by atoms with Gasteiger partial charge in [0.05, 0.1) is 45.9 Å². The molecule has 11 nitrogen and oxygen atoms in total. The van der Waals surface area contributed by atoms with Gasteiger partial charge in [0.1, 0.15) is 23.0 Å². The number of ether oxygens (including phenoxy) is 4. The lowest BCUT2D eigenvalue weighted by Gasteiger charge is -2.13. The van der Waals surface area contributed by atoms with Crippen LogP contribution in [0.4, 0.5) is 5.69 Å². The maximum Gasteiger partial charge on any atom is 0.251 e. The smallest absolute Gasteiger partial charge is 0.251 e. The van der Waals surface area contributed by atoms with Crippen LogP contribution in [0.2, 0.25) is 0 Å². The molecule has 0 unspecified atom stereocenters. The number of amides is 2. The summed E-state index contributed by atoms with van der Waals surface area (Å²) in [7, 11) is 4.65. The zero-order valence-electron chi connectivity index (χ0n) is 23.2. The molecule has 1 aromatic heterocycles. The molecule has 3 aromatic carbocycles. The molecule has 0 saturated carbocycles. The molecule has 2 amide bonds.